The molecule has 1 aromatic heterocycles. The molecule has 3 N–H and O–H groups in total. The molecule has 66 valence electrons. The molecule has 1 rings (SSSR count). The van der Waals surface area contributed by atoms with Crippen LogP contribution in [0.3, 0.4) is 0 Å². The molecular weight excluding hydrogens is 160 g/mol. The van der Waals surface area contributed by atoms with Gasteiger partial charge < -0.3 is 9.15 Å². The maximum atomic E-state index is 10.9. The second-order valence-corrected chi connectivity index (χ2v) is 2.17. The van der Waals surface area contributed by atoms with E-state index in [1.807, 2.05) is 5.43 Å². The van der Waals surface area contributed by atoms with E-state index in [4.69, 9.17) is 15.0 Å². The van der Waals surface area contributed by atoms with Gasteiger partial charge in [-0.3, -0.25) is 10.2 Å². The number of carbonyl (C=O) groups is 1. The first-order valence-corrected chi connectivity index (χ1v) is 3.36. The van der Waals surface area contributed by atoms with Gasteiger partial charge in [0.15, 0.2) is 5.76 Å². The molecule has 0 bridgehead atoms. The summed E-state index contributed by atoms with van der Waals surface area (Å²) in [6, 6.07) is 3.20. The lowest BCUT2D eigenvalue weighted by atomic mass is 10.4. The highest BCUT2D eigenvalue weighted by atomic mass is 16.5. The molecule has 12 heavy (non-hydrogen) atoms. The van der Waals surface area contributed by atoms with Crippen LogP contribution in [0.1, 0.15) is 16.3 Å². The molecule has 0 unspecified atom stereocenters. The lowest BCUT2D eigenvalue weighted by Crippen LogP contribution is -2.29. The minimum Gasteiger partial charge on any atom is -0.453 e. The lowest BCUT2D eigenvalue weighted by molar-refractivity contribution is 0.0917. The number of hydrazine groups is 1. The van der Waals surface area contributed by atoms with Gasteiger partial charge in [0.2, 0.25) is 0 Å². The Morgan fingerprint density at radius 2 is 2.50 bits per heavy atom. The van der Waals surface area contributed by atoms with Gasteiger partial charge in [-0.15, -0.1) is 0 Å². The Kier molecular flexibility index (Phi) is 2.84. The molecule has 0 saturated heterocycles. The van der Waals surface area contributed by atoms with E-state index in [2.05, 4.69) is 0 Å². The maximum Gasteiger partial charge on any atom is 0.300 e. The SMILES string of the molecule is COCc1ccc(C(=O)NN)o1. The van der Waals surface area contributed by atoms with Crippen LogP contribution in [0, 0.1) is 0 Å². The van der Waals surface area contributed by atoms with Gasteiger partial charge in [0.25, 0.3) is 0 Å². The fourth-order valence-electron chi connectivity index (χ4n) is 0.791. The van der Waals surface area contributed by atoms with Crippen molar-refractivity contribution in [3.8, 4) is 0 Å². The van der Waals surface area contributed by atoms with Gasteiger partial charge in [0.1, 0.15) is 12.4 Å². The third kappa shape index (κ3) is 1.84. The zero-order valence-corrected chi connectivity index (χ0v) is 6.66. The average molecular weight is 170 g/mol. The molecule has 0 radical (unpaired) electrons. The Morgan fingerprint density at radius 3 is 3.08 bits per heavy atom. The maximum absolute atomic E-state index is 10.9. The Bertz CT molecular complexity index is 269. The highest BCUT2D eigenvalue weighted by Gasteiger charge is 2.08. The molecule has 5 heteroatoms. The third-order valence-corrected chi connectivity index (χ3v) is 1.30. The molecule has 0 aliphatic carbocycles. The fraction of sp³-hybridized carbons (Fsp3) is 0.286. The first-order valence-electron chi connectivity index (χ1n) is 3.36. The number of nitrogens with two attached hydrogens (primary N) is 1. The van der Waals surface area contributed by atoms with Crippen LogP contribution in [0.2, 0.25) is 0 Å². The zero-order chi connectivity index (χ0) is 8.97. The van der Waals surface area contributed by atoms with E-state index < -0.39 is 5.91 Å². The monoisotopic (exact) mass is 170 g/mol. The number of ether oxygens (including phenoxy) is 1. The van der Waals surface area contributed by atoms with Gasteiger partial charge >= 0.3 is 5.91 Å². The van der Waals surface area contributed by atoms with Crippen molar-refractivity contribution in [2.24, 2.45) is 5.84 Å². The Hall–Kier alpha value is -1.33. The van der Waals surface area contributed by atoms with E-state index in [-0.39, 0.29) is 5.76 Å². The standard InChI is InChI=1S/C7H10N2O3/c1-11-4-5-2-3-6(12-5)7(10)9-8/h2-3H,4,8H2,1H3,(H,9,10). The summed E-state index contributed by atoms with van der Waals surface area (Å²) >= 11 is 0. The van der Waals surface area contributed by atoms with Crippen molar-refractivity contribution in [1.29, 1.82) is 0 Å². The number of amides is 1. The van der Waals surface area contributed by atoms with Gasteiger partial charge in [-0.05, 0) is 12.1 Å². The number of nitrogens with one attached hydrogen (secondary N) is 1. The minimum atomic E-state index is -0.447. The van der Waals surface area contributed by atoms with E-state index in [0.717, 1.165) is 0 Å². The van der Waals surface area contributed by atoms with Crippen molar-refractivity contribution in [1.82, 2.24) is 5.43 Å². The number of carbonyl (C=O) groups excluding carboxylic acids is 1. The molecule has 1 aromatic rings. The summed E-state index contributed by atoms with van der Waals surface area (Å²) in [7, 11) is 1.55. The van der Waals surface area contributed by atoms with Crippen molar-refractivity contribution in [3.63, 3.8) is 0 Å². The fourth-order valence-corrected chi connectivity index (χ4v) is 0.791. The first-order chi connectivity index (χ1) is 5.77. The summed E-state index contributed by atoms with van der Waals surface area (Å²) in [4.78, 5) is 10.9. The van der Waals surface area contributed by atoms with Gasteiger partial charge in [-0.2, -0.15) is 0 Å². The zero-order valence-electron chi connectivity index (χ0n) is 6.66. The highest BCUT2D eigenvalue weighted by Crippen LogP contribution is 2.07. The van der Waals surface area contributed by atoms with Crippen LogP contribution in [-0.4, -0.2) is 13.0 Å². The molecule has 1 heterocycles. The number of rotatable bonds is 3. The van der Waals surface area contributed by atoms with Gasteiger partial charge in [-0.25, -0.2) is 5.84 Å². The molecule has 0 atom stereocenters. The second-order valence-electron chi connectivity index (χ2n) is 2.17. The van der Waals surface area contributed by atoms with Crippen LogP contribution in [0.4, 0.5) is 0 Å². The first kappa shape index (κ1) is 8.76. The largest absolute Gasteiger partial charge is 0.453 e. The van der Waals surface area contributed by atoms with Crippen molar-refractivity contribution < 1.29 is 13.9 Å². The second kappa shape index (κ2) is 3.89. The molecular formula is C7H10N2O3. The smallest absolute Gasteiger partial charge is 0.300 e. The summed E-state index contributed by atoms with van der Waals surface area (Å²) < 4.78 is 9.86. The number of hydrogen-bond acceptors (Lipinski definition) is 4. The predicted octanol–water partition coefficient (Wildman–Crippen LogP) is 0.0295. The van der Waals surface area contributed by atoms with E-state index in [0.29, 0.717) is 12.4 Å². The van der Waals surface area contributed by atoms with Crippen LogP contribution in [0.5, 0.6) is 0 Å². The van der Waals surface area contributed by atoms with Crippen LogP contribution < -0.4 is 11.3 Å². The summed E-state index contributed by atoms with van der Waals surface area (Å²) in [5, 5.41) is 0. The van der Waals surface area contributed by atoms with Crippen molar-refractivity contribution in [2.45, 2.75) is 6.61 Å². The summed E-state index contributed by atoms with van der Waals surface area (Å²) in [5.41, 5.74) is 1.96. The Morgan fingerprint density at radius 1 is 1.75 bits per heavy atom. The predicted molar refractivity (Wildman–Crippen MR) is 41.1 cm³/mol. The van der Waals surface area contributed by atoms with Crippen LogP contribution >= 0.6 is 0 Å². The quantitative estimate of drug-likeness (QED) is 0.381. The van der Waals surface area contributed by atoms with E-state index in [1.165, 1.54) is 6.07 Å². The molecule has 0 fully saturated rings. The van der Waals surface area contributed by atoms with Crippen LogP contribution in [0.15, 0.2) is 16.5 Å². The highest BCUT2D eigenvalue weighted by molar-refractivity contribution is 5.90. The van der Waals surface area contributed by atoms with E-state index in [9.17, 15) is 4.79 Å². The van der Waals surface area contributed by atoms with Crippen molar-refractivity contribution in [2.75, 3.05) is 7.11 Å². The number of hydrogen-bond donors (Lipinski definition) is 2. The molecule has 1 amide bonds. The van der Waals surface area contributed by atoms with Crippen LogP contribution in [0.25, 0.3) is 0 Å². The van der Waals surface area contributed by atoms with E-state index >= 15 is 0 Å². The molecule has 0 spiro atoms. The van der Waals surface area contributed by atoms with Crippen molar-refractivity contribution >= 4 is 5.91 Å². The van der Waals surface area contributed by atoms with Gasteiger partial charge in [-0.1, -0.05) is 0 Å². The summed E-state index contributed by atoms with van der Waals surface area (Å²) in [6.07, 6.45) is 0. The molecule has 0 saturated carbocycles. The number of furan rings is 1. The van der Waals surface area contributed by atoms with Gasteiger partial charge in [0.05, 0.1) is 0 Å². The minimum absolute atomic E-state index is 0.185. The topological polar surface area (TPSA) is 77.5 Å². The average Bonchev–Trinajstić information content (AvgIpc) is 2.52. The summed E-state index contributed by atoms with van der Waals surface area (Å²) in [6.45, 7) is 0.345. The number of nitrogen functional groups attached to an aromatic ring is 1. The lowest BCUT2D eigenvalue weighted by Gasteiger charge is -1.94. The van der Waals surface area contributed by atoms with Gasteiger partial charge in [0, 0.05) is 7.11 Å². The Balaban J connectivity index is 2.70. The van der Waals surface area contributed by atoms with E-state index in [1.54, 1.807) is 13.2 Å². The summed E-state index contributed by atoms with van der Waals surface area (Å²) in [5.74, 6) is 5.23. The molecule has 0 aliphatic rings. The normalized spacial score (nSPS) is 9.83. The van der Waals surface area contributed by atoms with Crippen LogP contribution in [-0.2, 0) is 11.3 Å². The van der Waals surface area contributed by atoms with Crippen molar-refractivity contribution in [3.05, 3.63) is 23.7 Å². The third-order valence-electron chi connectivity index (χ3n) is 1.30. The molecule has 5 nitrogen and oxygen atoms in total. The molecule has 0 aromatic carbocycles. The molecule has 0 aliphatic heterocycles. The Labute approximate surface area is 69.5 Å². The number of methoxy groups -OCH3 is 1.